The molecule has 0 bridgehead atoms. The van der Waals surface area contributed by atoms with Crippen LogP contribution in [0.2, 0.25) is 0 Å². The number of nitrogens with zero attached hydrogens (tertiary/aromatic N) is 5. The van der Waals surface area contributed by atoms with Gasteiger partial charge in [-0.25, -0.2) is 22.8 Å². The molecular weight excluding hydrogens is 423 g/mol. The second-order valence-corrected chi connectivity index (χ2v) is 9.30. The van der Waals surface area contributed by atoms with Crippen LogP contribution >= 0.6 is 0 Å². The molecule has 1 amide bonds. The Morgan fingerprint density at radius 1 is 1.26 bits per heavy atom. The Labute approximate surface area is 179 Å². The predicted octanol–water partition coefficient (Wildman–Crippen LogP) is 2.09. The van der Waals surface area contributed by atoms with Crippen LogP contribution in [0.4, 0.5) is 10.1 Å². The van der Waals surface area contributed by atoms with Gasteiger partial charge in [0.05, 0.1) is 23.1 Å². The van der Waals surface area contributed by atoms with E-state index in [-0.39, 0.29) is 28.6 Å². The molecule has 1 atom stereocenters. The van der Waals surface area contributed by atoms with Gasteiger partial charge in [0.25, 0.3) is 5.91 Å². The van der Waals surface area contributed by atoms with E-state index in [9.17, 15) is 17.6 Å². The predicted molar refractivity (Wildman–Crippen MR) is 110 cm³/mol. The summed E-state index contributed by atoms with van der Waals surface area (Å²) in [6.07, 6.45) is 4.75. The number of rotatable bonds is 5. The van der Waals surface area contributed by atoms with Gasteiger partial charge in [0.2, 0.25) is 10.0 Å². The molecular formula is C20H21FN6O3S. The number of nitrogens with one attached hydrogen (secondary N) is 1. The zero-order valence-electron chi connectivity index (χ0n) is 17.0. The zero-order chi connectivity index (χ0) is 22.2. The van der Waals surface area contributed by atoms with Crippen molar-refractivity contribution in [3.63, 3.8) is 0 Å². The van der Waals surface area contributed by atoms with Crippen molar-refractivity contribution >= 4 is 21.6 Å². The Kier molecular flexibility index (Phi) is 5.54. The van der Waals surface area contributed by atoms with Crippen LogP contribution < -0.4 is 5.32 Å². The largest absolute Gasteiger partial charge is 0.319 e. The number of aromatic nitrogens is 4. The van der Waals surface area contributed by atoms with E-state index in [4.69, 9.17) is 0 Å². The molecule has 1 fully saturated rings. The minimum atomic E-state index is -3.63. The summed E-state index contributed by atoms with van der Waals surface area (Å²) in [5, 5.41) is 6.44. The highest BCUT2D eigenvalue weighted by Gasteiger charge is 2.35. The number of amides is 1. The highest BCUT2D eigenvalue weighted by Crippen LogP contribution is 2.29. The SMILES string of the molecule is Cc1nc(C2CCN(S(=O)(=O)c3cnn(C)c3)C2)ncc1C(=O)Nc1ccccc1F. The van der Waals surface area contributed by atoms with Gasteiger partial charge in [-0.15, -0.1) is 0 Å². The molecule has 162 valence electrons. The summed E-state index contributed by atoms with van der Waals surface area (Å²) < 4.78 is 42.2. The third kappa shape index (κ3) is 4.19. The topological polar surface area (TPSA) is 110 Å². The number of para-hydroxylation sites is 1. The smallest absolute Gasteiger partial charge is 0.259 e. The number of anilines is 1. The molecule has 1 unspecified atom stereocenters. The van der Waals surface area contributed by atoms with Gasteiger partial charge in [-0.1, -0.05) is 12.1 Å². The first-order chi connectivity index (χ1) is 14.8. The number of carbonyl (C=O) groups is 1. The van der Waals surface area contributed by atoms with Crippen LogP contribution in [0.1, 0.15) is 34.2 Å². The van der Waals surface area contributed by atoms with Crippen molar-refractivity contribution in [1.29, 1.82) is 0 Å². The summed E-state index contributed by atoms with van der Waals surface area (Å²) in [7, 11) is -1.98. The summed E-state index contributed by atoms with van der Waals surface area (Å²) in [6.45, 7) is 2.26. The maximum atomic E-state index is 13.8. The molecule has 1 aromatic carbocycles. The highest BCUT2D eigenvalue weighted by molar-refractivity contribution is 7.89. The lowest BCUT2D eigenvalue weighted by atomic mass is 10.1. The van der Waals surface area contributed by atoms with E-state index in [1.54, 1.807) is 20.0 Å². The lowest BCUT2D eigenvalue weighted by Gasteiger charge is -2.15. The standard InChI is InChI=1S/C20H21FN6O3S/c1-13-16(20(28)25-18-6-4-3-5-17(18)21)10-22-19(24-13)14-7-8-27(11-14)31(29,30)15-9-23-26(2)12-15/h3-6,9-10,12,14H,7-8,11H2,1-2H3,(H,25,28). The maximum Gasteiger partial charge on any atom is 0.259 e. The van der Waals surface area contributed by atoms with E-state index in [2.05, 4.69) is 20.4 Å². The van der Waals surface area contributed by atoms with Crippen molar-refractivity contribution in [2.75, 3.05) is 18.4 Å². The minimum Gasteiger partial charge on any atom is -0.319 e. The fourth-order valence-electron chi connectivity index (χ4n) is 3.50. The molecule has 1 saturated heterocycles. The van der Waals surface area contributed by atoms with Crippen molar-refractivity contribution in [3.8, 4) is 0 Å². The average Bonchev–Trinajstić information content (AvgIpc) is 3.39. The van der Waals surface area contributed by atoms with Gasteiger partial charge in [-0.2, -0.15) is 9.40 Å². The lowest BCUT2D eigenvalue weighted by molar-refractivity contribution is 0.102. The van der Waals surface area contributed by atoms with Gasteiger partial charge < -0.3 is 5.32 Å². The van der Waals surface area contributed by atoms with Crippen LogP contribution in [0.3, 0.4) is 0 Å². The van der Waals surface area contributed by atoms with Crippen molar-refractivity contribution < 1.29 is 17.6 Å². The molecule has 31 heavy (non-hydrogen) atoms. The Bertz CT molecular complexity index is 1240. The number of hydrogen-bond donors (Lipinski definition) is 1. The molecule has 0 aliphatic carbocycles. The summed E-state index contributed by atoms with van der Waals surface area (Å²) in [4.78, 5) is 21.4. The molecule has 3 heterocycles. The number of sulfonamides is 1. The monoisotopic (exact) mass is 444 g/mol. The van der Waals surface area contributed by atoms with E-state index < -0.39 is 21.7 Å². The van der Waals surface area contributed by atoms with Gasteiger partial charge in [0.15, 0.2) is 0 Å². The first-order valence-electron chi connectivity index (χ1n) is 9.64. The van der Waals surface area contributed by atoms with Crippen molar-refractivity contribution in [2.24, 2.45) is 7.05 Å². The fourth-order valence-corrected chi connectivity index (χ4v) is 4.98. The first-order valence-corrected chi connectivity index (χ1v) is 11.1. The quantitative estimate of drug-likeness (QED) is 0.645. The molecule has 4 rings (SSSR count). The maximum absolute atomic E-state index is 13.8. The summed E-state index contributed by atoms with van der Waals surface area (Å²) in [6, 6.07) is 5.88. The summed E-state index contributed by atoms with van der Waals surface area (Å²) >= 11 is 0. The number of carbonyl (C=O) groups excluding carboxylic acids is 1. The minimum absolute atomic E-state index is 0.0722. The van der Waals surface area contributed by atoms with Crippen LogP contribution in [0.15, 0.2) is 47.8 Å². The summed E-state index contributed by atoms with van der Waals surface area (Å²) in [5.74, 6) is -0.758. The van der Waals surface area contributed by atoms with Crippen LogP contribution in [0.5, 0.6) is 0 Å². The molecule has 3 aromatic rings. The van der Waals surface area contributed by atoms with Gasteiger partial charge in [0.1, 0.15) is 16.5 Å². The number of benzene rings is 1. The normalized spacial score (nSPS) is 17.1. The van der Waals surface area contributed by atoms with E-state index in [0.29, 0.717) is 24.5 Å². The lowest BCUT2D eigenvalue weighted by Crippen LogP contribution is -2.28. The Balaban J connectivity index is 1.48. The van der Waals surface area contributed by atoms with Gasteiger partial charge in [0, 0.05) is 38.4 Å². The third-order valence-electron chi connectivity index (χ3n) is 5.20. The molecule has 2 aromatic heterocycles. The number of halogens is 1. The summed E-state index contributed by atoms with van der Waals surface area (Å²) in [5.41, 5.74) is 0.736. The van der Waals surface area contributed by atoms with Crippen molar-refractivity contribution in [1.82, 2.24) is 24.1 Å². The molecule has 11 heteroatoms. The molecule has 0 saturated carbocycles. The number of aryl methyl sites for hydroxylation is 2. The fraction of sp³-hybridized carbons (Fsp3) is 0.300. The second-order valence-electron chi connectivity index (χ2n) is 7.36. The van der Waals surface area contributed by atoms with Crippen molar-refractivity contribution in [2.45, 2.75) is 24.2 Å². The van der Waals surface area contributed by atoms with E-state index >= 15 is 0 Å². The van der Waals surface area contributed by atoms with E-state index in [1.165, 1.54) is 45.8 Å². The van der Waals surface area contributed by atoms with Gasteiger partial charge in [-0.3, -0.25) is 9.48 Å². The zero-order valence-corrected chi connectivity index (χ0v) is 17.8. The van der Waals surface area contributed by atoms with E-state index in [1.807, 2.05) is 0 Å². The van der Waals surface area contributed by atoms with Gasteiger partial charge >= 0.3 is 0 Å². The Morgan fingerprint density at radius 3 is 2.71 bits per heavy atom. The van der Waals surface area contributed by atoms with Crippen LogP contribution in [0, 0.1) is 12.7 Å². The molecule has 1 aliphatic rings. The van der Waals surface area contributed by atoms with Crippen LogP contribution in [0.25, 0.3) is 0 Å². The second kappa shape index (κ2) is 8.16. The molecule has 0 spiro atoms. The molecule has 1 N–H and O–H groups in total. The van der Waals surface area contributed by atoms with Gasteiger partial charge in [-0.05, 0) is 25.5 Å². The Morgan fingerprint density at radius 2 is 2.03 bits per heavy atom. The highest BCUT2D eigenvalue weighted by atomic mass is 32.2. The number of hydrogen-bond acceptors (Lipinski definition) is 6. The van der Waals surface area contributed by atoms with Crippen LogP contribution in [-0.4, -0.2) is 51.5 Å². The first kappa shape index (κ1) is 21.1. The van der Waals surface area contributed by atoms with E-state index in [0.717, 1.165) is 0 Å². The van der Waals surface area contributed by atoms with Crippen LogP contribution in [-0.2, 0) is 17.1 Å². The molecule has 1 aliphatic heterocycles. The Hall–Kier alpha value is -3.18. The molecule has 0 radical (unpaired) electrons. The molecule has 9 nitrogen and oxygen atoms in total. The average molecular weight is 444 g/mol. The van der Waals surface area contributed by atoms with Crippen molar-refractivity contribution in [3.05, 3.63) is 65.8 Å². The third-order valence-corrected chi connectivity index (χ3v) is 7.02.